The number of carbonyl (C=O) groups is 2. The van der Waals surface area contributed by atoms with Gasteiger partial charge >= 0.3 is 0 Å². The molecule has 1 aliphatic heterocycles. The van der Waals surface area contributed by atoms with Crippen molar-refractivity contribution >= 4 is 63.4 Å². The summed E-state index contributed by atoms with van der Waals surface area (Å²) in [4.78, 5) is 33.4. The molecule has 0 bridgehead atoms. The van der Waals surface area contributed by atoms with Crippen molar-refractivity contribution in [1.29, 1.82) is 0 Å². The van der Waals surface area contributed by atoms with Crippen molar-refractivity contribution < 1.29 is 14.3 Å². The standard InChI is InChI=1S/C19H18ClN3O3S2/c1-22(2)17(24)11-28-19-21-15(10-13-5-4-8-27-13)18(25)23(19)12-6-7-16(26-3)14(20)9-12/h4-10H,11H2,1-3H3/b15-10+. The van der Waals surface area contributed by atoms with Crippen LogP contribution in [0.2, 0.25) is 5.02 Å². The van der Waals surface area contributed by atoms with Crippen LogP contribution in [0.4, 0.5) is 5.69 Å². The van der Waals surface area contributed by atoms with Gasteiger partial charge in [-0.1, -0.05) is 29.4 Å². The number of ether oxygens (including phenoxy) is 1. The molecule has 0 radical (unpaired) electrons. The molecule has 28 heavy (non-hydrogen) atoms. The Bertz CT molecular complexity index is 955. The molecule has 0 N–H and O–H groups in total. The van der Waals surface area contributed by atoms with Crippen LogP contribution in [0.25, 0.3) is 6.08 Å². The Morgan fingerprint density at radius 3 is 2.79 bits per heavy atom. The lowest BCUT2D eigenvalue weighted by Gasteiger charge is -2.19. The fraction of sp³-hybridized carbons (Fsp3) is 0.211. The number of benzene rings is 1. The molecular formula is C19H18ClN3O3S2. The van der Waals surface area contributed by atoms with E-state index >= 15 is 0 Å². The molecule has 0 unspecified atom stereocenters. The number of aliphatic imine (C=N–C) groups is 1. The van der Waals surface area contributed by atoms with Gasteiger partial charge in [0.25, 0.3) is 5.91 Å². The summed E-state index contributed by atoms with van der Waals surface area (Å²) in [5.41, 5.74) is 0.878. The highest BCUT2D eigenvalue weighted by molar-refractivity contribution is 8.14. The molecule has 2 amide bonds. The number of methoxy groups -OCH3 is 1. The number of amides is 2. The fourth-order valence-corrected chi connectivity index (χ4v) is 4.27. The van der Waals surface area contributed by atoms with Crippen molar-refractivity contribution in [3.8, 4) is 5.75 Å². The topological polar surface area (TPSA) is 62.2 Å². The molecule has 6 nitrogen and oxygen atoms in total. The Morgan fingerprint density at radius 1 is 1.39 bits per heavy atom. The first kappa shape index (κ1) is 20.4. The minimum atomic E-state index is -0.269. The molecule has 0 saturated heterocycles. The summed E-state index contributed by atoms with van der Waals surface area (Å²) in [7, 11) is 4.90. The van der Waals surface area contributed by atoms with Gasteiger partial charge in [0.15, 0.2) is 5.17 Å². The van der Waals surface area contributed by atoms with Crippen LogP contribution in [-0.4, -0.2) is 48.8 Å². The van der Waals surface area contributed by atoms with Gasteiger partial charge in [-0.05, 0) is 35.7 Å². The van der Waals surface area contributed by atoms with Gasteiger partial charge in [-0.3, -0.25) is 14.5 Å². The highest BCUT2D eigenvalue weighted by Crippen LogP contribution is 2.34. The SMILES string of the molecule is COc1ccc(N2C(=O)/C(=C\c3cccs3)N=C2SCC(=O)N(C)C)cc1Cl. The van der Waals surface area contributed by atoms with Gasteiger partial charge in [-0.15, -0.1) is 11.3 Å². The molecule has 3 rings (SSSR count). The number of hydrogen-bond acceptors (Lipinski definition) is 6. The third-order valence-corrected chi connectivity index (χ3v) is 5.91. The summed E-state index contributed by atoms with van der Waals surface area (Å²) >= 11 is 8.97. The number of thiophene rings is 1. The maximum Gasteiger partial charge on any atom is 0.283 e. The Hall–Kier alpha value is -2.29. The van der Waals surface area contributed by atoms with Crippen LogP contribution < -0.4 is 9.64 Å². The van der Waals surface area contributed by atoms with Crippen molar-refractivity contribution in [3.63, 3.8) is 0 Å². The molecule has 0 spiro atoms. The number of nitrogens with zero attached hydrogens (tertiary/aromatic N) is 3. The van der Waals surface area contributed by atoms with Crippen molar-refractivity contribution in [2.24, 2.45) is 4.99 Å². The average molecular weight is 436 g/mol. The van der Waals surface area contributed by atoms with E-state index in [2.05, 4.69) is 4.99 Å². The molecule has 1 aromatic heterocycles. The molecule has 2 heterocycles. The summed E-state index contributed by atoms with van der Waals surface area (Å²) in [5.74, 6) is 0.351. The van der Waals surface area contributed by atoms with Crippen LogP contribution in [-0.2, 0) is 9.59 Å². The highest BCUT2D eigenvalue weighted by Gasteiger charge is 2.33. The Kier molecular flexibility index (Phi) is 6.43. The lowest BCUT2D eigenvalue weighted by atomic mass is 10.2. The van der Waals surface area contributed by atoms with E-state index in [-0.39, 0.29) is 17.6 Å². The Labute approximate surface area is 176 Å². The minimum Gasteiger partial charge on any atom is -0.495 e. The van der Waals surface area contributed by atoms with E-state index in [1.54, 1.807) is 38.4 Å². The van der Waals surface area contributed by atoms with Gasteiger partial charge in [0.05, 0.1) is 23.6 Å². The van der Waals surface area contributed by atoms with Gasteiger partial charge in [-0.25, -0.2) is 4.99 Å². The molecule has 0 atom stereocenters. The van der Waals surface area contributed by atoms with Crippen LogP contribution in [0.3, 0.4) is 0 Å². The van der Waals surface area contributed by atoms with E-state index in [4.69, 9.17) is 16.3 Å². The lowest BCUT2D eigenvalue weighted by molar-refractivity contribution is -0.125. The molecule has 2 aromatic rings. The minimum absolute atomic E-state index is 0.0662. The molecular weight excluding hydrogens is 418 g/mol. The van der Waals surface area contributed by atoms with E-state index in [0.717, 1.165) is 4.88 Å². The zero-order valence-electron chi connectivity index (χ0n) is 15.5. The molecule has 0 fully saturated rings. The third-order valence-electron chi connectivity index (χ3n) is 3.87. The van der Waals surface area contributed by atoms with E-state index in [0.29, 0.717) is 27.3 Å². The van der Waals surface area contributed by atoms with E-state index in [1.807, 2.05) is 17.5 Å². The number of halogens is 1. The number of anilines is 1. The van der Waals surface area contributed by atoms with Crippen LogP contribution >= 0.6 is 34.7 Å². The zero-order valence-corrected chi connectivity index (χ0v) is 17.9. The van der Waals surface area contributed by atoms with Gasteiger partial charge in [0.1, 0.15) is 11.4 Å². The first-order chi connectivity index (χ1) is 13.4. The van der Waals surface area contributed by atoms with E-state index < -0.39 is 0 Å². The summed E-state index contributed by atoms with van der Waals surface area (Å²) in [6, 6.07) is 8.90. The van der Waals surface area contributed by atoms with Crippen molar-refractivity contribution in [2.75, 3.05) is 31.9 Å². The quantitative estimate of drug-likeness (QED) is 0.666. The van der Waals surface area contributed by atoms with E-state index in [9.17, 15) is 9.59 Å². The van der Waals surface area contributed by atoms with Gasteiger partial charge in [0.2, 0.25) is 5.91 Å². The maximum atomic E-state index is 13.1. The Morgan fingerprint density at radius 2 is 2.18 bits per heavy atom. The molecule has 9 heteroatoms. The highest BCUT2D eigenvalue weighted by atomic mass is 35.5. The second kappa shape index (κ2) is 8.81. The van der Waals surface area contributed by atoms with Gasteiger partial charge in [0, 0.05) is 19.0 Å². The predicted octanol–water partition coefficient (Wildman–Crippen LogP) is 3.98. The molecule has 0 saturated carbocycles. The predicted molar refractivity (Wildman–Crippen MR) is 116 cm³/mol. The van der Waals surface area contributed by atoms with Crippen molar-refractivity contribution in [1.82, 2.24) is 4.90 Å². The monoisotopic (exact) mass is 435 g/mol. The van der Waals surface area contributed by atoms with Crippen molar-refractivity contribution in [2.45, 2.75) is 0 Å². The van der Waals surface area contributed by atoms with Gasteiger partial charge < -0.3 is 9.64 Å². The maximum absolute atomic E-state index is 13.1. The summed E-state index contributed by atoms with van der Waals surface area (Å²) in [5, 5.41) is 2.75. The number of thioether (sulfide) groups is 1. The fourth-order valence-electron chi connectivity index (χ4n) is 2.38. The third kappa shape index (κ3) is 4.40. The summed E-state index contributed by atoms with van der Waals surface area (Å²) in [6.07, 6.45) is 1.74. The van der Waals surface area contributed by atoms with Crippen LogP contribution in [0.15, 0.2) is 46.4 Å². The van der Waals surface area contributed by atoms with Crippen molar-refractivity contribution in [3.05, 3.63) is 51.3 Å². The normalized spacial score (nSPS) is 15.1. The number of amidine groups is 1. The summed E-state index contributed by atoms with van der Waals surface area (Å²) in [6.45, 7) is 0. The first-order valence-electron chi connectivity index (χ1n) is 8.25. The Balaban J connectivity index is 1.95. The molecule has 0 aliphatic carbocycles. The van der Waals surface area contributed by atoms with E-state index in [1.165, 1.54) is 40.0 Å². The molecule has 146 valence electrons. The number of rotatable bonds is 5. The van der Waals surface area contributed by atoms with Crippen LogP contribution in [0, 0.1) is 0 Å². The smallest absolute Gasteiger partial charge is 0.283 e. The number of hydrogen-bond donors (Lipinski definition) is 0. The van der Waals surface area contributed by atoms with Crippen LogP contribution in [0.1, 0.15) is 4.88 Å². The lowest BCUT2D eigenvalue weighted by Crippen LogP contribution is -2.32. The van der Waals surface area contributed by atoms with Gasteiger partial charge in [-0.2, -0.15) is 0 Å². The second-order valence-corrected chi connectivity index (χ2v) is 8.30. The number of carbonyl (C=O) groups excluding carboxylic acids is 2. The zero-order chi connectivity index (χ0) is 20.3. The average Bonchev–Trinajstić information content (AvgIpc) is 3.28. The van der Waals surface area contributed by atoms with Crippen LogP contribution in [0.5, 0.6) is 5.75 Å². The first-order valence-corrected chi connectivity index (χ1v) is 10.5. The largest absolute Gasteiger partial charge is 0.495 e. The second-order valence-electron chi connectivity index (χ2n) is 5.98. The summed E-state index contributed by atoms with van der Waals surface area (Å²) < 4.78 is 5.18. The molecule has 1 aromatic carbocycles. The molecule has 1 aliphatic rings.